The lowest BCUT2D eigenvalue weighted by molar-refractivity contribution is 0.0204. The molecule has 4 rings (SSSR count). The fourth-order valence-electron chi connectivity index (χ4n) is 3.72. The molecule has 0 aromatic carbocycles. The fraction of sp³-hybridized carbons (Fsp3) is 0.600. The average Bonchev–Trinajstić information content (AvgIpc) is 2.75. The highest BCUT2D eigenvalue weighted by atomic mass is 16.5. The maximum atomic E-state index is 5.94. The minimum Gasteiger partial charge on any atom is -0.374 e. The minimum absolute atomic E-state index is 0.219. The summed E-state index contributed by atoms with van der Waals surface area (Å²) in [6, 6.07) is 2.28. The largest absolute Gasteiger partial charge is 0.374 e. The van der Waals surface area contributed by atoms with Crippen LogP contribution < -0.4 is 15.5 Å². The third-order valence-electron chi connectivity index (χ3n) is 5.71. The molecule has 2 aromatic heterocycles. The molecule has 2 fully saturated rings. The molecular formula is C20H30N8O. The lowest BCUT2D eigenvalue weighted by atomic mass is 10.1. The van der Waals surface area contributed by atoms with Crippen molar-refractivity contribution in [2.75, 3.05) is 61.9 Å². The molecule has 156 valence electrons. The van der Waals surface area contributed by atoms with E-state index >= 15 is 0 Å². The zero-order chi connectivity index (χ0) is 20.4. The molecule has 0 unspecified atom stereocenters. The highest BCUT2D eigenvalue weighted by molar-refractivity contribution is 5.64. The summed E-state index contributed by atoms with van der Waals surface area (Å²) in [6.07, 6.45) is 4.65. The topological polar surface area (TPSA) is 96.5 Å². The molecule has 0 radical (unpaired) electrons. The van der Waals surface area contributed by atoms with Crippen LogP contribution in [0.15, 0.2) is 18.5 Å². The van der Waals surface area contributed by atoms with Gasteiger partial charge >= 0.3 is 0 Å². The van der Waals surface area contributed by atoms with E-state index in [-0.39, 0.29) is 18.1 Å². The molecule has 2 aliphatic heterocycles. The van der Waals surface area contributed by atoms with Gasteiger partial charge < -0.3 is 25.2 Å². The molecule has 2 aliphatic rings. The molecule has 0 spiro atoms. The van der Waals surface area contributed by atoms with Crippen LogP contribution in [0.4, 0.5) is 17.7 Å². The molecule has 2 saturated heterocycles. The van der Waals surface area contributed by atoms with Crippen LogP contribution in [0.3, 0.4) is 0 Å². The predicted molar refractivity (Wildman–Crippen MR) is 114 cm³/mol. The van der Waals surface area contributed by atoms with Gasteiger partial charge in [0.1, 0.15) is 5.82 Å². The molecule has 29 heavy (non-hydrogen) atoms. The van der Waals surface area contributed by atoms with Crippen LogP contribution in [0.25, 0.3) is 11.3 Å². The van der Waals surface area contributed by atoms with Gasteiger partial charge in [0.15, 0.2) is 0 Å². The Morgan fingerprint density at radius 2 is 1.86 bits per heavy atom. The van der Waals surface area contributed by atoms with Gasteiger partial charge in [0.2, 0.25) is 11.9 Å². The zero-order valence-corrected chi connectivity index (χ0v) is 17.5. The van der Waals surface area contributed by atoms with Crippen molar-refractivity contribution in [3.8, 4) is 11.3 Å². The number of hydrogen-bond acceptors (Lipinski definition) is 9. The van der Waals surface area contributed by atoms with Crippen LogP contribution in [0.1, 0.15) is 20.3 Å². The minimum atomic E-state index is 0.219. The number of ether oxygens (including phenoxy) is 1. The summed E-state index contributed by atoms with van der Waals surface area (Å²) >= 11 is 0. The van der Waals surface area contributed by atoms with Crippen LogP contribution in [0.5, 0.6) is 0 Å². The lowest BCUT2D eigenvalue weighted by Gasteiger charge is -2.39. The Labute approximate surface area is 171 Å². The molecule has 0 aliphatic carbocycles. The zero-order valence-electron chi connectivity index (χ0n) is 17.5. The third-order valence-corrected chi connectivity index (χ3v) is 5.71. The van der Waals surface area contributed by atoms with Crippen molar-refractivity contribution in [1.29, 1.82) is 0 Å². The summed E-state index contributed by atoms with van der Waals surface area (Å²) in [6.45, 7) is 9.68. The van der Waals surface area contributed by atoms with Crippen molar-refractivity contribution in [2.24, 2.45) is 0 Å². The van der Waals surface area contributed by atoms with E-state index in [1.807, 2.05) is 6.07 Å². The summed E-state index contributed by atoms with van der Waals surface area (Å²) in [5.41, 5.74) is 7.32. The normalized spacial score (nSPS) is 23.4. The van der Waals surface area contributed by atoms with Crippen LogP contribution in [-0.4, -0.2) is 83.4 Å². The Hall–Kier alpha value is -2.52. The Bertz CT molecular complexity index is 822. The first-order valence-electron chi connectivity index (χ1n) is 10.3. The molecule has 4 heterocycles. The number of anilines is 3. The molecule has 0 saturated carbocycles. The van der Waals surface area contributed by atoms with E-state index in [1.165, 1.54) is 0 Å². The number of nitrogen functional groups attached to an aromatic ring is 1. The molecule has 2 atom stereocenters. The van der Waals surface area contributed by atoms with E-state index in [2.05, 4.69) is 45.6 Å². The molecular weight excluding hydrogens is 368 g/mol. The summed E-state index contributed by atoms with van der Waals surface area (Å²) in [5.74, 6) is 1.94. The average molecular weight is 399 g/mol. The quantitative estimate of drug-likeness (QED) is 0.816. The fourth-order valence-corrected chi connectivity index (χ4v) is 3.72. The number of nitrogens with two attached hydrogens (primary N) is 1. The number of likely N-dealkylation sites (N-methyl/N-ethyl adjacent to an activating group) is 1. The third kappa shape index (κ3) is 4.40. The summed E-state index contributed by atoms with van der Waals surface area (Å²) in [4.78, 5) is 25.0. The number of nitrogens with zero attached hydrogens (tertiary/aromatic N) is 7. The number of morpholine rings is 1. The van der Waals surface area contributed by atoms with Gasteiger partial charge in [-0.1, -0.05) is 6.92 Å². The highest BCUT2D eigenvalue weighted by Crippen LogP contribution is 2.28. The predicted octanol–water partition coefficient (Wildman–Crippen LogP) is 1.27. The van der Waals surface area contributed by atoms with Gasteiger partial charge in [0, 0.05) is 56.7 Å². The first-order chi connectivity index (χ1) is 14.0. The van der Waals surface area contributed by atoms with Crippen molar-refractivity contribution in [3.63, 3.8) is 0 Å². The molecule has 9 nitrogen and oxygen atoms in total. The molecule has 0 bridgehead atoms. The first kappa shape index (κ1) is 19.8. The highest BCUT2D eigenvalue weighted by Gasteiger charge is 2.28. The van der Waals surface area contributed by atoms with Gasteiger partial charge in [-0.3, -0.25) is 0 Å². The van der Waals surface area contributed by atoms with Gasteiger partial charge in [-0.05, 0) is 20.4 Å². The number of piperazine rings is 1. The number of hydrogen-bond donors (Lipinski definition) is 1. The number of aromatic nitrogens is 4. The Morgan fingerprint density at radius 3 is 2.55 bits per heavy atom. The maximum absolute atomic E-state index is 5.94. The number of rotatable bonds is 4. The van der Waals surface area contributed by atoms with Crippen molar-refractivity contribution in [3.05, 3.63) is 18.5 Å². The molecule has 2 N–H and O–H groups in total. The molecule has 2 aromatic rings. The smallest absolute Gasteiger partial charge is 0.227 e. The van der Waals surface area contributed by atoms with Crippen molar-refractivity contribution in [1.82, 2.24) is 24.8 Å². The van der Waals surface area contributed by atoms with Gasteiger partial charge in [0.05, 0.1) is 24.4 Å². The monoisotopic (exact) mass is 398 g/mol. The van der Waals surface area contributed by atoms with E-state index in [1.54, 1.807) is 12.4 Å². The second kappa shape index (κ2) is 8.46. The second-order valence-corrected chi connectivity index (χ2v) is 7.90. The van der Waals surface area contributed by atoms with Gasteiger partial charge in [-0.15, -0.1) is 0 Å². The van der Waals surface area contributed by atoms with Gasteiger partial charge in [-0.2, -0.15) is 4.98 Å². The molecule has 9 heteroatoms. The lowest BCUT2D eigenvalue weighted by Crippen LogP contribution is -2.49. The summed E-state index contributed by atoms with van der Waals surface area (Å²) in [7, 11) is 2.14. The maximum Gasteiger partial charge on any atom is 0.227 e. The van der Waals surface area contributed by atoms with Crippen molar-refractivity contribution in [2.45, 2.75) is 32.4 Å². The van der Waals surface area contributed by atoms with Gasteiger partial charge in [-0.25, -0.2) is 15.0 Å². The van der Waals surface area contributed by atoms with E-state index in [0.717, 1.165) is 62.2 Å². The Morgan fingerprint density at radius 1 is 1.14 bits per heavy atom. The van der Waals surface area contributed by atoms with Gasteiger partial charge in [0.25, 0.3) is 0 Å². The van der Waals surface area contributed by atoms with E-state index in [0.29, 0.717) is 6.61 Å². The van der Waals surface area contributed by atoms with Crippen molar-refractivity contribution >= 4 is 17.7 Å². The van der Waals surface area contributed by atoms with E-state index in [4.69, 9.17) is 20.4 Å². The van der Waals surface area contributed by atoms with E-state index in [9.17, 15) is 0 Å². The van der Waals surface area contributed by atoms with Crippen molar-refractivity contribution < 1.29 is 4.74 Å². The summed E-state index contributed by atoms with van der Waals surface area (Å²) < 4.78 is 5.94. The molecule has 0 amide bonds. The van der Waals surface area contributed by atoms with E-state index < -0.39 is 0 Å². The van der Waals surface area contributed by atoms with Crippen LogP contribution in [-0.2, 0) is 4.74 Å². The summed E-state index contributed by atoms with van der Waals surface area (Å²) in [5, 5.41) is 0. The SMILES string of the molecule is CC[C@H]1CN(c2cc(-c3cnc(N)nc3)nc(N3CCN(C)CC3)n2)[C@@H](C)CO1. The first-order valence-corrected chi connectivity index (χ1v) is 10.3. The Kier molecular flexibility index (Phi) is 5.77. The van der Waals surface area contributed by atoms with Crippen LogP contribution in [0.2, 0.25) is 0 Å². The standard InChI is InChI=1S/C20H30N8O/c1-4-16-12-28(14(2)13-29-16)18-9-17(15-10-22-19(21)23-11-15)24-20(25-18)27-7-5-26(3)6-8-27/h9-11,14,16H,4-8,12-13H2,1-3H3,(H2,21,22,23)/t14-,16-/m0/s1. The second-order valence-electron chi connectivity index (χ2n) is 7.90. The Balaban J connectivity index is 1.72. The van der Waals surface area contributed by atoms with Crippen LogP contribution in [0, 0.1) is 0 Å². The van der Waals surface area contributed by atoms with Crippen LogP contribution >= 0.6 is 0 Å².